The molecule has 2 aromatic carbocycles. The van der Waals surface area contributed by atoms with Crippen molar-refractivity contribution < 1.29 is 18.7 Å². The maximum Gasteiger partial charge on any atom is 0.319 e. The number of nitrogens with zero attached hydrogens (tertiary/aromatic N) is 5. The number of anilines is 1. The van der Waals surface area contributed by atoms with Gasteiger partial charge in [-0.3, -0.25) is 0 Å². The number of carbonyl (C=O) groups excluding carboxylic acids is 1. The molecular formula is C23H20Cl2FN7O3. The first-order valence-corrected chi connectivity index (χ1v) is 11.3. The quantitative estimate of drug-likeness (QED) is 0.329. The van der Waals surface area contributed by atoms with Gasteiger partial charge in [0.2, 0.25) is 0 Å². The number of aromatic nitrogens is 5. The predicted molar refractivity (Wildman–Crippen MR) is 131 cm³/mol. The molecule has 186 valence electrons. The van der Waals surface area contributed by atoms with Crippen molar-refractivity contribution >= 4 is 34.9 Å². The lowest BCUT2D eigenvalue weighted by atomic mass is 10.2. The van der Waals surface area contributed by atoms with Gasteiger partial charge in [0.05, 0.1) is 28.9 Å². The lowest BCUT2D eigenvalue weighted by molar-refractivity contribution is 0.248. The van der Waals surface area contributed by atoms with Crippen molar-refractivity contribution in [3.8, 4) is 17.4 Å². The van der Waals surface area contributed by atoms with E-state index in [1.54, 1.807) is 31.5 Å². The van der Waals surface area contributed by atoms with E-state index >= 15 is 0 Å². The van der Waals surface area contributed by atoms with Gasteiger partial charge in [-0.2, -0.15) is 9.78 Å². The van der Waals surface area contributed by atoms with Crippen LogP contribution < -0.4 is 20.1 Å². The molecule has 0 radical (unpaired) electrons. The Hall–Kier alpha value is -3.96. The molecule has 4 aromatic rings. The second-order valence-electron chi connectivity index (χ2n) is 7.42. The highest BCUT2D eigenvalue weighted by molar-refractivity contribution is 6.37. The number of nitrogens with one attached hydrogen (secondary N) is 2. The highest BCUT2D eigenvalue weighted by Crippen LogP contribution is 2.35. The number of benzene rings is 2. The SMILES string of the molecule is COc1ccc(COc2cc(NC(=O)NC(C)c3ncnn3-c3ncccn3)c(Cl)cc2Cl)cc1F. The molecular weight excluding hydrogens is 512 g/mol. The van der Waals surface area contributed by atoms with Crippen LogP contribution in [0.3, 0.4) is 0 Å². The molecule has 1 unspecified atom stereocenters. The van der Waals surface area contributed by atoms with E-state index in [4.69, 9.17) is 32.7 Å². The molecule has 2 heterocycles. The molecule has 0 spiro atoms. The third kappa shape index (κ3) is 5.81. The third-order valence-electron chi connectivity index (χ3n) is 4.93. The Labute approximate surface area is 215 Å². The Kier molecular flexibility index (Phi) is 7.81. The van der Waals surface area contributed by atoms with Gasteiger partial charge >= 0.3 is 6.03 Å². The van der Waals surface area contributed by atoms with Gasteiger partial charge in [0.15, 0.2) is 17.4 Å². The van der Waals surface area contributed by atoms with Gasteiger partial charge in [-0.1, -0.05) is 29.3 Å². The minimum atomic E-state index is -0.557. The van der Waals surface area contributed by atoms with E-state index in [1.165, 1.54) is 42.4 Å². The minimum Gasteiger partial charge on any atom is -0.494 e. The summed E-state index contributed by atoms with van der Waals surface area (Å²) in [6.45, 7) is 1.76. The molecule has 2 amide bonds. The summed E-state index contributed by atoms with van der Waals surface area (Å²) in [7, 11) is 1.39. The summed E-state index contributed by atoms with van der Waals surface area (Å²) < 4.78 is 26.0. The van der Waals surface area contributed by atoms with E-state index in [2.05, 4.69) is 30.7 Å². The lowest BCUT2D eigenvalue weighted by Crippen LogP contribution is -2.32. The largest absolute Gasteiger partial charge is 0.494 e. The maximum atomic E-state index is 13.9. The average Bonchev–Trinajstić information content (AvgIpc) is 3.36. The van der Waals surface area contributed by atoms with Crippen LogP contribution in [-0.2, 0) is 6.61 Å². The number of methoxy groups -OCH3 is 1. The van der Waals surface area contributed by atoms with Gasteiger partial charge in [-0.05, 0) is 36.8 Å². The number of rotatable bonds is 8. The van der Waals surface area contributed by atoms with E-state index in [1.807, 2.05) is 0 Å². The lowest BCUT2D eigenvalue weighted by Gasteiger charge is -2.16. The second-order valence-corrected chi connectivity index (χ2v) is 8.23. The number of hydrogen-bond acceptors (Lipinski definition) is 7. The van der Waals surface area contributed by atoms with E-state index in [9.17, 15) is 9.18 Å². The Bertz CT molecular complexity index is 1370. The van der Waals surface area contributed by atoms with Crippen LogP contribution in [-0.4, -0.2) is 37.9 Å². The van der Waals surface area contributed by atoms with Crippen LogP contribution in [0.2, 0.25) is 10.0 Å². The summed E-state index contributed by atoms with van der Waals surface area (Å²) in [5.74, 6) is 0.613. The predicted octanol–water partition coefficient (Wildman–Crippen LogP) is 4.97. The summed E-state index contributed by atoms with van der Waals surface area (Å²) in [6.07, 6.45) is 4.49. The first-order valence-electron chi connectivity index (χ1n) is 10.5. The molecule has 2 N–H and O–H groups in total. The summed E-state index contributed by atoms with van der Waals surface area (Å²) in [5.41, 5.74) is 0.821. The van der Waals surface area contributed by atoms with Gasteiger partial charge in [0.1, 0.15) is 18.7 Å². The molecule has 10 nitrogen and oxygen atoms in total. The van der Waals surface area contributed by atoms with Crippen LogP contribution in [0.15, 0.2) is 55.1 Å². The zero-order chi connectivity index (χ0) is 25.7. The molecule has 0 fully saturated rings. The standard InChI is InChI=1S/C23H20Cl2FN7O3/c1-13(21-29-12-30-33(21)22-27-6-3-7-28-22)31-23(34)32-18-10-20(16(25)9-15(18)24)36-11-14-4-5-19(35-2)17(26)8-14/h3-10,12-13H,11H2,1-2H3,(H2,31,32,34). The second kappa shape index (κ2) is 11.2. The van der Waals surface area contributed by atoms with Gasteiger partial charge in [0.25, 0.3) is 5.95 Å². The number of halogens is 3. The Morgan fingerprint density at radius 3 is 2.61 bits per heavy atom. The Morgan fingerprint density at radius 2 is 1.89 bits per heavy atom. The smallest absolute Gasteiger partial charge is 0.319 e. The first-order chi connectivity index (χ1) is 17.4. The normalized spacial score (nSPS) is 11.6. The third-order valence-corrected chi connectivity index (χ3v) is 5.54. The van der Waals surface area contributed by atoms with Crippen molar-refractivity contribution in [1.29, 1.82) is 0 Å². The summed E-state index contributed by atoms with van der Waals surface area (Å²) in [4.78, 5) is 25.2. The fourth-order valence-electron chi connectivity index (χ4n) is 3.22. The summed E-state index contributed by atoms with van der Waals surface area (Å²) in [5, 5.41) is 9.98. The molecule has 0 aliphatic heterocycles. The summed E-state index contributed by atoms with van der Waals surface area (Å²) >= 11 is 12.5. The molecule has 0 bridgehead atoms. The van der Waals surface area contributed by atoms with Crippen LogP contribution >= 0.6 is 23.2 Å². The van der Waals surface area contributed by atoms with Crippen LogP contribution in [0, 0.1) is 5.82 Å². The van der Waals surface area contributed by atoms with E-state index in [0.29, 0.717) is 17.3 Å². The monoisotopic (exact) mass is 531 g/mol. The van der Waals surface area contributed by atoms with Crippen LogP contribution in [0.4, 0.5) is 14.9 Å². The van der Waals surface area contributed by atoms with Crippen molar-refractivity contribution in [2.75, 3.05) is 12.4 Å². The van der Waals surface area contributed by atoms with Crippen molar-refractivity contribution in [1.82, 2.24) is 30.0 Å². The molecule has 13 heteroatoms. The van der Waals surface area contributed by atoms with Crippen molar-refractivity contribution in [2.24, 2.45) is 0 Å². The van der Waals surface area contributed by atoms with E-state index in [0.717, 1.165) is 0 Å². The van der Waals surface area contributed by atoms with E-state index in [-0.39, 0.29) is 33.8 Å². The Morgan fingerprint density at radius 1 is 1.11 bits per heavy atom. The van der Waals surface area contributed by atoms with Crippen molar-refractivity contribution in [3.05, 3.63) is 82.4 Å². The number of hydrogen-bond donors (Lipinski definition) is 2. The van der Waals surface area contributed by atoms with Crippen LogP contribution in [0.25, 0.3) is 5.95 Å². The molecule has 0 saturated carbocycles. The maximum absolute atomic E-state index is 13.9. The molecule has 0 saturated heterocycles. The zero-order valence-electron chi connectivity index (χ0n) is 19.1. The molecule has 0 aliphatic rings. The minimum absolute atomic E-state index is 0.0299. The Balaban J connectivity index is 1.43. The fraction of sp³-hybridized carbons (Fsp3) is 0.174. The summed E-state index contributed by atoms with van der Waals surface area (Å²) in [6, 6.07) is 7.96. The number of amides is 2. The van der Waals surface area contributed by atoms with E-state index < -0.39 is 17.9 Å². The average molecular weight is 532 g/mol. The fourth-order valence-corrected chi connectivity index (χ4v) is 3.70. The van der Waals surface area contributed by atoms with Gasteiger partial charge in [-0.25, -0.2) is 24.1 Å². The van der Waals surface area contributed by atoms with Crippen molar-refractivity contribution in [2.45, 2.75) is 19.6 Å². The number of carbonyl (C=O) groups is 1. The highest BCUT2D eigenvalue weighted by Gasteiger charge is 2.19. The highest BCUT2D eigenvalue weighted by atomic mass is 35.5. The molecule has 2 aromatic heterocycles. The van der Waals surface area contributed by atoms with Crippen LogP contribution in [0.1, 0.15) is 24.4 Å². The topological polar surface area (TPSA) is 116 Å². The number of ether oxygens (including phenoxy) is 2. The molecule has 36 heavy (non-hydrogen) atoms. The zero-order valence-corrected chi connectivity index (χ0v) is 20.6. The number of urea groups is 1. The molecule has 1 atom stereocenters. The molecule has 4 rings (SSSR count). The van der Waals surface area contributed by atoms with Gasteiger partial charge < -0.3 is 20.1 Å². The molecule has 0 aliphatic carbocycles. The van der Waals surface area contributed by atoms with Crippen molar-refractivity contribution in [3.63, 3.8) is 0 Å². The van der Waals surface area contributed by atoms with Gasteiger partial charge in [0, 0.05) is 18.5 Å². The van der Waals surface area contributed by atoms with Crippen LogP contribution in [0.5, 0.6) is 11.5 Å². The first kappa shape index (κ1) is 25.1. The van der Waals surface area contributed by atoms with Gasteiger partial charge in [-0.15, -0.1) is 0 Å².